The summed E-state index contributed by atoms with van der Waals surface area (Å²) in [4.78, 5) is 67.3. The van der Waals surface area contributed by atoms with E-state index < -0.39 is 66.3 Å². The predicted molar refractivity (Wildman–Crippen MR) is 119 cm³/mol. The molecular weight excluding hydrogens is 450 g/mol. The summed E-state index contributed by atoms with van der Waals surface area (Å²) in [6.07, 6.45) is 2.83. The highest BCUT2D eigenvalue weighted by Gasteiger charge is 2.33. The van der Waals surface area contributed by atoms with Gasteiger partial charge in [-0.05, 0) is 12.3 Å². The number of amides is 4. The Morgan fingerprint density at radius 3 is 2.24 bits per heavy atom. The summed E-state index contributed by atoms with van der Waals surface area (Å²) >= 11 is 0. The molecule has 0 spiro atoms. The zero-order valence-electron chi connectivity index (χ0n) is 19.1. The third-order valence-electron chi connectivity index (χ3n) is 5.23. The van der Waals surface area contributed by atoms with E-state index in [4.69, 9.17) is 16.6 Å². The summed E-state index contributed by atoms with van der Waals surface area (Å²) in [6, 6.07) is -4.95. The van der Waals surface area contributed by atoms with Crippen LogP contribution in [0.3, 0.4) is 0 Å². The van der Waals surface area contributed by atoms with Gasteiger partial charge < -0.3 is 42.6 Å². The number of aliphatic hydroxyl groups is 1. The van der Waals surface area contributed by atoms with Gasteiger partial charge in [0.25, 0.3) is 0 Å². The summed E-state index contributed by atoms with van der Waals surface area (Å²) in [5, 5.41) is 25.8. The highest BCUT2D eigenvalue weighted by atomic mass is 16.4. The van der Waals surface area contributed by atoms with Gasteiger partial charge >= 0.3 is 5.97 Å². The van der Waals surface area contributed by atoms with Crippen LogP contribution < -0.4 is 27.4 Å². The molecule has 0 saturated carbocycles. The van der Waals surface area contributed by atoms with Crippen LogP contribution in [0, 0.1) is 5.92 Å². The molecule has 0 radical (unpaired) electrons. The molecular formula is C20H33N7O7. The lowest BCUT2D eigenvalue weighted by Gasteiger charge is -2.28. The van der Waals surface area contributed by atoms with Gasteiger partial charge in [0.15, 0.2) is 0 Å². The monoisotopic (exact) mass is 483 g/mol. The topological polar surface area (TPSA) is 243 Å². The van der Waals surface area contributed by atoms with Crippen molar-refractivity contribution < 1.29 is 34.2 Å². The highest BCUT2D eigenvalue weighted by molar-refractivity contribution is 5.94. The zero-order valence-corrected chi connectivity index (χ0v) is 19.1. The predicted octanol–water partition coefficient (Wildman–Crippen LogP) is -2.88. The third kappa shape index (κ3) is 9.15. The normalized spacial score (nSPS) is 15.3. The molecule has 4 amide bonds. The van der Waals surface area contributed by atoms with Crippen LogP contribution in [0.2, 0.25) is 0 Å². The van der Waals surface area contributed by atoms with Crippen molar-refractivity contribution >= 4 is 29.6 Å². The number of carboxylic acid groups (broad SMARTS) is 1. The van der Waals surface area contributed by atoms with Gasteiger partial charge in [0.1, 0.15) is 24.2 Å². The van der Waals surface area contributed by atoms with E-state index in [1.807, 2.05) is 0 Å². The number of carboxylic acids is 1. The molecule has 5 unspecified atom stereocenters. The molecule has 5 atom stereocenters. The molecule has 0 aromatic carbocycles. The first-order valence-electron chi connectivity index (χ1n) is 10.8. The van der Waals surface area contributed by atoms with Gasteiger partial charge in [-0.3, -0.25) is 19.2 Å². The van der Waals surface area contributed by atoms with Crippen LogP contribution >= 0.6 is 0 Å². The lowest BCUT2D eigenvalue weighted by molar-refractivity contribution is -0.143. The number of carbonyl (C=O) groups is 5. The summed E-state index contributed by atoms with van der Waals surface area (Å²) in [7, 11) is 0. The van der Waals surface area contributed by atoms with E-state index in [-0.39, 0.29) is 19.3 Å². The van der Waals surface area contributed by atoms with Crippen molar-refractivity contribution in [2.24, 2.45) is 17.4 Å². The quantitative estimate of drug-likeness (QED) is 0.127. The van der Waals surface area contributed by atoms with Crippen molar-refractivity contribution in [2.45, 2.75) is 63.7 Å². The maximum Gasteiger partial charge on any atom is 0.326 e. The summed E-state index contributed by atoms with van der Waals surface area (Å²) in [6.45, 7) is 2.83. The maximum atomic E-state index is 13.1. The number of hydrogen-bond acceptors (Lipinski definition) is 8. The molecule has 0 fully saturated rings. The molecule has 34 heavy (non-hydrogen) atoms. The number of hydrogen-bond donors (Lipinski definition) is 8. The number of nitrogens with two attached hydrogens (primary N) is 2. The molecule has 10 N–H and O–H groups in total. The zero-order chi connectivity index (χ0) is 25.8. The molecule has 1 rings (SSSR count). The largest absolute Gasteiger partial charge is 0.480 e. The Kier molecular flexibility index (Phi) is 11.7. The number of nitrogens with one attached hydrogen (secondary N) is 4. The Labute approximate surface area is 196 Å². The second-order valence-corrected chi connectivity index (χ2v) is 7.91. The molecule has 0 aliphatic carbocycles. The fourth-order valence-corrected chi connectivity index (χ4v) is 2.95. The van der Waals surface area contributed by atoms with Gasteiger partial charge in [-0.25, -0.2) is 9.78 Å². The molecule has 0 aliphatic heterocycles. The number of primary amides is 1. The van der Waals surface area contributed by atoms with Crippen LogP contribution in [0.15, 0.2) is 12.5 Å². The van der Waals surface area contributed by atoms with Crippen LogP contribution in [0.5, 0.6) is 0 Å². The van der Waals surface area contributed by atoms with Crippen molar-refractivity contribution in [1.29, 1.82) is 0 Å². The van der Waals surface area contributed by atoms with Gasteiger partial charge in [0.05, 0.1) is 12.9 Å². The Morgan fingerprint density at radius 1 is 1.09 bits per heavy atom. The average Bonchev–Trinajstić information content (AvgIpc) is 3.30. The Bertz CT molecular complexity index is 846. The Balaban J connectivity index is 3.04. The number of imidazole rings is 1. The first-order valence-corrected chi connectivity index (χ1v) is 10.8. The van der Waals surface area contributed by atoms with Crippen LogP contribution in [0.25, 0.3) is 0 Å². The molecule has 1 heterocycles. The molecule has 1 aromatic heterocycles. The van der Waals surface area contributed by atoms with Crippen LogP contribution in [0.4, 0.5) is 0 Å². The van der Waals surface area contributed by atoms with Crippen molar-refractivity contribution in [2.75, 3.05) is 6.61 Å². The highest BCUT2D eigenvalue weighted by Crippen LogP contribution is 2.11. The van der Waals surface area contributed by atoms with E-state index in [9.17, 15) is 29.1 Å². The number of nitrogens with zero attached hydrogens (tertiary/aromatic N) is 1. The second-order valence-electron chi connectivity index (χ2n) is 7.91. The van der Waals surface area contributed by atoms with Gasteiger partial charge in [-0.15, -0.1) is 0 Å². The minimum atomic E-state index is -1.38. The number of aromatic amines is 1. The number of aliphatic carboxylic acids is 1. The number of H-pyrrole nitrogens is 1. The van der Waals surface area contributed by atoms with Crippen LogP contribution in [-0.4, -0.2) is 80.6 Å². The van der Waals surface area contributed by atoms with Gasteiger partial charge in [0, 0.05) is 24.7 Å². The standard InChI is InChI=1S/C20H33N7O7/c1-3-10(2)16(19(32)25-13(20(33)34)4-5-15(22)29)27-18(31)14(6-11-7-23-9-24-11)26-17(30)12(21)8-28/h7,9-10,12-14,16,28H,3-6,8,21H2,1-2H3,(H2,22,29)(H,23,24)(H,25,32)(H,26,30)(H,27,31)(H,33,34). The van der Waals surface area contributed by atoms with Crippen molar-refractivity contribution in [3.63, 3.8) is 0 Å². The molecule has 0 saturated heterocycles. The van der Waals surface area contributed by atoms with Gasteiger partial charge in [-0.2, -0.15) is 0 Å². The molecule has 14 heteroatoms. The number of aromatic nitrogens is 2. The fourth-order valence-electron chi connectivity index (χ4n) is 2.95. The van der Waals surface area contributed by atoms with Crippen molar-refractivity contribution in [3.05, 3.63) is 18.2 Å². The van der Waals surface area contributed by atoms with Gasteiger partial charge in [0.2, 0.25) is 23.6 Å². The maximum absolute atomic E-state index is 13.1. The minimum absolute atomic E-state index is 0.0130. The third-order valence-corrected chi connectivity index (χ3v) is 5.23. The fraction of sp³-hybridized carbons (Fsp3) is 0.600. The van der Waals surface area contributed by atoms with E-state index >= 15 is 0 Å². The lowest BCUT2D eigenvalue weighted by Crippen LogP contribution is -2.59. The van der Waals surface area contributed by atoms with E-state index in [2.05, 4.69) is 25.9 Å². The van der Waals surface area contributed by atoms with E-state index in [1.54, 1.807) is 13.8 Å². The van der Waals surface area contributed by atoms with E-state index in [0.717, 1.165) is 0 Å². The smallest absolute Gasteiger partial charge is 0.326 e. The Morgan fingerprint density at radius 2 is 1.74 bits per heavy atom. The SMILES string of the molecule is CCC(C)C(NC(=O)C(Cc1cnc[nH]1)NC(=O)C(N)CO)C(=O)NC(CCC(N)=O)C(=O)O. The molecule has 190 valence electrons. The number of aliphatic hydroxyl groups excluding tert-OH is 1. The summed E-state index contributed by atoms with van der Waals surface area (Å²) < 4.78 is 0. The van der Waals surface area contributed by atoms with Crippen LogP contribution in [0.1, 0.15) is 38.8 Å². The summed E-state index contributed by atoms with van der Waals surface area (Å²) in [5.74, 6) is -4.74. The second kappa shape index (κ2) is 13.9. The average molecular weight is 484 g/mol. The molecule has 0 bridgehead atoms. The van der Waals surface area contributed by atoms with Crippen molar-refractivity contribution in [1.82, 2.24) is 25.9 Å². The molecule has 0 aliphatic rings. The van der Waals surface area contributed by atoms with E-state index in [0.29, 0.717) is 12.1 Å². The Hall–Kier alpha value is -3.52. The molecule has 1 aromatic rings. The van der Waals surface area contributed by atoms with Crippen LogP contribution in [-0.2, 0) is 30.4 Å². The van der Waals surface area contributed by atoms with E-state index in [1.165, 1.54) is 12.5 Å². The minimum Gasteiger partial charge on any atom is -0.480 e. The number of carbonyl (C=O) groups excluding carboxylic acids is 4. The summed E-state index contributed by atoms with van der Waals surface area (Å²) in [5.41, 5.74) is 11.1. The van der Waals surface area contributed by atoms with Gasteiger partial charge in [-0.1, -0.05) is 20.3 Å². The first-order chi connectivity index (χ1) is 16.0. The van der Waals surface area contributed by atoms with Crippen molar-refractivity contribution in [3.8, 4) is 0 Å². The molecule has 14 nitrogen and oxygen atoms in total. The number of rotatable bonds is 15. The first kappa shape index (κ1) is 28.5. The lowest BCUT2D eigenvalue weighted by atomic mass is 9.96.